The van der Waals surface area contributed by atoms with Crippen LogP contribution in [0.5, 0.6) is 5.75 Å². The van der Waals surface area contributed by atoms with E-state index in [1.165, 1.54) is 13.2 Å². The molecule has 0 bridgehead atoms. The monoisotopic (exact) mass is 386 g/mol. The minimum absolute atomic E-state index is 0.0223. The molecule has 1 aliphatic rings. The largest absolute Gasteiger partial charge is 0.495 e. The van der Waals surface area contributed by atoms with Crippen LogP contribution in [-0.2, 0) is 13.1 Å². The predicted octanol–water partition coefficient (Wildman–Crippen LogP) is 2.69. The molecule has 140 valence electrons. The molecule has 0 aliphatic carbocycles. The van der Waals surface area contributed by atoms with Gasteiger partial charge in [0, 0.05) is 17.2 Å². The Hall–Kier alpha value is -3.05. The normalized spacial score (nSPS) is 12.7. The third-order valence-corrected chi connectivity index (χ3v) is 4.48. The number of aromatic nitrogens is 2. The van der Waals surface area contributed by atoms with Gasteiger partial charge in [0.15, 0.2) is 0 Å². The number of benzene rings is 1. The van der Waals surface area contributed by atoms with Crippen LogP contribution in [0.2, 0.25) is 5.02 Å². The van der Waals surface area contributed by atoms with Crippen molar-refractivity contribution in [2.24, 2.45) is 0 Å². The second-order valence-corrected chi connectivity index (χ2v) is 6.87. The number of carbonyl (C=O) groups is 1. The van der Waals surface area contributed by atoms with E-state index in [1.807, 2.05) is 19.9 Å². The van der Waals surface area contributed by atoms with Crippen molar-refractivity contribution in [3.05, 3.63) is 34.0 Å². The van der Waals surface area contributed by atoms with E-state index in [2.05, 4.69) is 15.3 Å². The summed E-state index contributed by atoms with van der Waals surface area (Å²) in [6, 6.07) is 5.06. The fourth-order valence-corrected chi connectivity index (χ4v) is 3.22. The van der Waals surface area contributed by atoms with Crippen molar-refractivity contribution in [1.29, 1.82) is 5.26 Å². The first-order valence-electron chi connectivity index (χ1n) is 8.32. The number of urea groups is 1. The van der Waals surface area contributed by atoms with E-state index in [9.17, 15) is 10.1 Å². The number of nitrogens with two attached hydrogens (primary N) is 1. The average Bonchev–Trinajstić information content (AvgIpc) is 3.04. The Morgan fingerprint density at radius 1 is 1.41 bits per heavy atom. The second-order valence-electron chi connectivity index (χ2n) is 6.46. The van der Waals surface area contributed by atoms with Crippen LogP contribution in [0.1, 0.15) is 30.7 Å². The zero-order valence-corrected chi connectivity index (χ0v) is 16.0. The molecule has 1 aromatic heterocycles. The van der Waals surface area contributed by atoms with E-state index in [0.717, 1.165) is 5.56 Å². The van der Waals surface area contributed by atoms with Gasteiger partial charge in [-0.3, -0.25) is 0 Å². The number of carbonyl (C=O) groups excluding carboxylic acids is 1. The summed E-state index contributed by atoms with van der Waals surface area (Å²) < 4.78 is 5.28. The van der Waals surface area contributed by atoms with Gasteiger partial charge in [-0.1, -0.05) is 11.6 Å². The van der Waals surface area contributed by atoms with Crippen LogP contribution in [0.4, 0.5) is 10.7 Å². The summed E-state index contributed by atoms with van der Waals surface area (Å²) in [5.41, 5.74) is 8.76. The van der Waals surface area contributed by atoms with Gasteiger partial charge in [-0.25, -0.2) is 14.8 Å². The number of nitriles is 1. The van der Waals surface area contributed by atoms with E-state index >= 15 is 0 Å². The number of hydrogen-bond acceptors (Lipinski definition) is 6. The molecule has 2 amide bonds. The molecule has 0 unspecified atom stereocenters. The molecule has 3 N–H and O–H groups in total. The van der Waals surface area contributed by atoms with Crippen molar-refractivity contribution in [1.82, 2.24) is 20.2 Å². The quantitative estimate of drug-likeness (QED) is 0.837. The topological polar surface area (TPSA) is 117 Å². The molecule has 0 radical (unpaired) electrons. The average molecular weight is 387 g/mol. The van der Waals surface area contributed by atoms with Crippen molar-refractivity contribution in [2.45, 2.75) is 33.0 Å². The fraction of sp³-hybridized carbons (Fsp3) is 0.333. The Bertz CT molecular complexity index is 954. The molecular formula is C18H19ClN6O2. The molecule has 0 saturated carbocycles. The van der Waals surface area contributed by atoms with Crippen LogP contribution in [0.15, 0.2) is 12.1 Å². The molecule has 2 aromatic rings. The van der Waals surface area contributed by atoms with Gasteiger partial charge in [0.05, 0.1) is 42.2 Å². The molecule has 1 aliphatic heterocycles. The van der Waals surface area contributed by atoms with Gasteiger partial charge in [-0.05, 0) is 26.0 Å². The lowest BCUT2D eigenvalue weighted by molar-refractivity contribution is 0.195. The van der Waals surface area contributed by atoms with Gasteiger partial charge in [-0.2, -0.15) is 5.26 Å². The van der Waals surface area contributed by atoms with Gasteiger partial charge in [-0.15, -0.1) is 0 Å². The number of rotatable bonds is 3. The van der Waals surface area contributed by atoms with Crippen LogP contribution in [0, 0.1) is 11.3 Å². The third kappa shape index (κ3) is 3.59. The molecule has 27 heavy (non-hydrogen) atoms. The third-order valence-electron chi connectivity index (χ3n) is 4.16. The summed E-state index contributed by atoms with van der Waals surface area (Å²) in [4.78, 5) is 22.6. The standard InChI is InChI=1S/C18H19ClN6O2/c1-9(2)22-18(26)25-7-12-14(8-25)23-17(21)24-16(12)11-5-15(27-3)10(6-20)4-13(11)19/h4-5,9H,7-8H2,1-3H3,(H,22,26)(H2,21,23,24). The highest BCUT2D eigenvalue weighted by Gasteiger charge is 2.29. The number of fused-ring (bicyclic) bond motifs is 1. The Labute approximate surface area is 161 Å². The van der Waals surface area contributed by atoms with E-state index in [4.69, 9.17) is 22.1 Å². The number of nitrogens with zero attached hydrogens (tertiary/aromatic N) is 4. The van der Waals surface area contributed by atoms with Gasteiger partial charge >= 0.3 is 6.03 Å². The zero-order valence-electron chi connectivity index (χ0n) is 15.2. The second kappa shape index (κ2) is 7.29. The molecule has 8 nitrogen and oxygen atoms in total. The maximum Gasteiger partial charge on any atom is 0.318 e. The molecule has 0 atom stereocenters. The first kappa shape index (κ1) is 18.7. The van der Waals surface area contributed by atoms with E-state index in [-0.39, 0.29) is 18.0 Å². The molecule has 2 heterocycles. The number of anilines is 1. The van der Waals surface area contributed by atoms with Crippen LogP contribution >= 0.6 is 11.6 Å². The SMILES string of the molecule is COc1cc(-c2nc(N)nc3c2CN(C(=O)NC(C)C)C3)c(Cl)cc1C#N. The Kier molecular flexibility index (Phi) is 5.06. The molecule has 9 heteroatoms. The number of methoxy groups -OCH3 is 1. The molecule has 1 aromatic carbocycles. The van der Waals surface area contributed by atoms with Gasteiger partial charge in [0.2, 0.25) is 5.95 Å². The summed E-state index contributed by atoms with van der Waals surface area (Å²) >= 11 is 6.39. The van der Waals surface area contributed by atoms with E-state index in [0.29, 0.717) is 46.4 Å². The molecule has 0 spiro atoms. The Morgan fingerprint density at radius 2 is 2.15 bits per heavy atom. The number of nitrogen functional groups attached to an aromatic ring is 1. The number of hydrogen-bond donors (Lipinski definition) is 2. The lowest BCUT2D eigenvalue weighted by atomic mass is 10.0. The van der Waals surface area contributed by atoms with E-state index < -0.39 is 0 Å². The summed E-state index contributed by atoms with van der Waals surface area (Å²) in [5, 5.41) is 12.4. The Balaban J connectivity index is 2.06. The van der Waals surface area contributed by atoms with E-state index in [1.54, 1.807) is 11.0 Å². The number of amides is 2. The first-order valence-corrected chi connectivity index (χ1v) is 8.70. The minimum atomic E-state index is -0.184. The smallest absolute Gasteiger partial charge is 0.318 e. The van der Waals surface area contributed by atoms with Gasteiger partial charge in [0.25, 0.3) is 0 Å². The lowest BCUT2D eigenvalue weighted by Gasteiger charge is -2.18. The summed E-state index contributed by atoms with van der Waals surface area (Å²) in [6.07, 6.45) is 0. The van der Waals surface area contributed by atoms with Crippen molar-refractivity contribution in [3.8, 4) is 23.1 Å². The van der Waals surface area contributed by atoms with Crippen LogP contribution in [0.25, 0.3) is 11.3 Å². The molecular weight excluding hydrogens is 368 g/mol. The summed E-state index contributed by atoms with van der Waals surface area (Å²) in [5.74, 6) is 0.476. The van der Waals surface area contributed by atoms with Crippen molar-refractivity contribution < 1.29 is 9.53 Å². The molecule has 0 saturated heterocycles. The number of halogens is 1. The maximum atomic E-state index is 12.4. The highest BCUT2D eigenvalue weighted by molar-refractivity contribution is 6.33. The van der Waals surface area contributed by atoms with Crippen molar-refractivity contribution >= 4 is 23.6 Å². The van der Waals surface area contributed by atoms with Crippen LogP contribution < -0.4 is 15.8 Å². The predicted molar refractivity (Wildman–Crippen MR) is 101 cm³/mol. The lowest BCUT2D eigenvalue weighted by Crippen LogP contribution is -2.40. The number of ether oxygens (including phenoxy) is 1. The van der Waals surface area contributed by atoms with Crippen LogP contribution in [-0.4, -0.2) is 34.1 Å². The first-order chi connectivity index (χ1) is 12.8. The summed E-state index contributed by atoms with van der Waals surface area (Å²) in [6.45, 7) is 4.46. The summed E-state index contributed by atoms with van der Waals surface area (Å²) in [7, 11) is 1.48. The maximum absolute atomic E-state index is 12.4. The minimum Gasteiger partial charge on any atom is -0.495 e. The van der Waals surface area contributed by atoms with Gasteiger partial charge < -0.3 is 20.7 Å². The van der Waals surface area contributed by atoms with Crippen LogP contribution in [0.3, 0.4) is 0 Å². The molecule has 0 fully saturated rings. The Morgan fingerprint density at radius 3 is 2.78 bits per heavy atom. The number of nitrogens with one attached hydrogen (secondary N) is 1. The van der Waals surface area contributed by atoms with Gasteiger partial charge in [0.1, 0.15) is 11.8 Å². The highest BCUT2D eigenvalue weighted by atomic mass is 35.5. The van der Waals surface area contributed by atoms with Crippen molar-refractivity contribution in [2.75, 3.05) is 12.8 Å². The highest BCUT2D eigenvalue weighted by Crippen LogP contribution is 2.38. The zero-order chi connectivity index (χ0) is 19.7. The fourth-order valence-electron chi connectivity index (χ4n) is 2.97. The molecule has 3 rings (SSSR count). The van der Waals surface area contributed by atoms with Crippen molar-refractivity contribution in [3.63, 3.8) is 0 Å².